The van der Waals surface area contributed by atoms with Crippen LogP contribution in [0.15, 0.2) is 47.6 Å². The second kappa shape index (κ2) is 11.3. The molecule has 0 bridgehead atoms. The molecule has 11 heteroatoms. The zero-order chi connectivity index (χ0) is 25.7. The summed E-state index contributed by atoms with van der Waals surface area (Å²) in [4.78, 5) is 29.2. The summed E-state index contributed by atoms with van der Waals surface area (Å²) in [6, 6.07) is 9.87. The molecule has 2 aromatic carbocycles. The van der Waals surface area contributed by atoms with Gasteiger partial charge >= 0.3 is 12.1 Å². The van der Waals surface area contributed by atoms with Gasteiger partial charge in [0.2, 0.25) is 5.91 Å². The first kappa shape index (κ1) is 26.0. The second-order valence-corrected chi connectivity index (χ2v) is 9.27. The Labute approximate surface area is 210 Å². The van der Waals surface area contributed by atoms with Gasteiger partial charge in [0.25, 0.3) is 0 Å². The molecule has 0 aliphatic carbocycles. The van der Waals surface area contributed by atoms with Crippen LogP contribution in [0.5, 0.6) is 0 Å². The summed E-state index contributed by atoms with van der Waals surface area (Å²) in [6.07, 6.45) is -2.48. The third-order valence-electron chi connectivity index (χ3n) is 5.73. The first-order valence-electron chi connectivity index (χ1n) is 11.6. The van der Waals surface area contributed by atoms with E-state index in [-0.39, 0.29) is 30.9 Å². The summed E-state index contributed by atoms with van der Waals surface area (Å²) < 4.78 is 51.3. The number of alkyl halides is 3. The predicted molar refractivity (Wildman–Crippen MR) is 129 cm³/mol. The van der Waals surface area contributed by atoms with Crippen LogP contribution in [0.2, 0.25) is 0 Å². The number of carbonyl (C=O) groups is 2. The average molecular weight is 522 g/mol. The van der Waals surface area contributed by atoms with E-state index in [2.05, 4.69) is 10.3 Å². The first-order chi connectivity index (χ1) is 17.2. The standard InChI is InChI=1S/C25H26F3N3O4S/c1-2-34-23(33)17-7-10-21-20(12-17)30-24(36-15-22(32)29-13-19-4-3-11-35-19)31(21)14-16-5-8-18(9-6-16)25(26,27)28/h5-10,12,19H,2-4,11,13-15H2,1H3,(H,29,32). The summed E-state index contributed by atoms with van der Waals surface area (Å²) in [5.74, 6) is -0.538. The van der Waals surface area contributed by atoms with Crippen molar-refractivity contribution < 1.29 is 32.2 Å². The van der Waals surface area contributed by atoms with Crippen molar-refractivity contribution in [3.05, 3.63) is 59.2 Å². The molecule has 1 saturated heterocycles. The van der Waals surface area contributed by atoms with Gasteiger partial charge in [0.05, 0.1) is 47.2 Å². The highest BCUT2D eigenvalue weighted by atomic mass is 32.2. The highest BCUT2D eigenvalue weighted by molar-refractivity contribution is 7.99. The molecule has 2 heterocycles. The third-order valence-corrected chi connectivity index (χ3v) is 6.71. The Bertz CT molecular complexity index is 1220. The maximum absolute atomic E-state index is 13.0. The van der Waals surface area contributed by atoms with Gasteiger partial charge in [-0.3, -0.25) is 4.79 Å². The van der Waals surface area contributed by atoms with Crippen LogP contribution >= 0.6 is 11.8 Å². The lowest BCUT2D eigenvalue weighted by Crippen LogP contribution is -2.32. The molecule has 1 aliphatic heterocycles. The van der Waals surface area contributed by atoms with Gasteiger partial charge in [-0.15, -0.1) is 0 Å². The van der Waals surface area contributed by atoms with Gasteiger partial charge in [0.1, 0.15) is 0 Å². The van der Waals surface area contributed by atoms with E-state index in [0.717, 1.165) is 25.0 Å². The average Bonchev–Trinajstić information content (AvgIpc) is 3.49. The maximum atomic E-state index is 13.0. The van der Waals surface area contributed by atoms with E-state index >= 15 is 0 Å². The van der Waals surface area contributed by atoms with Crippen LogP contribution in [0.25, 0.3) is 11.0 Å². The van der Waals surface area contributed by atoms with Gasteiger partial charge in [-0.2, -0.15) is 13.2 Å². The smallest absolute Gasteiger partial charge is 0.416 e. The molecule has 1 amide bonds. The number of amides is 1. The predicted octanol–water partition coefficient (Wildman–Crippen LogP) is 4.67. The molecule has 192 valence electrons. The molecule has 1 aromatic heterocycles. The molecular weight excluding hydrogens is 495 g/mol. The molecule has 1 aliphatic rings. The van der Waals surface area contributed by atoms with Crippen molar-refractivity contribution in [1.82, 2.24) is 14.9 Å². The number of hydrogen-bond donors (Lipinski definition) is 1. The summed E-state index contributed by atoms with van der Waals surface area (Å²) in [5, 5.41) is 3.38. The molecule has 0 radical (unpaired) electrons. The van der Waals surface area contributed by atoms with Crippen molar-refractivity contribution in [3.63, 3.8) is 0 Å². The van der Waals surface area contributed by atoms with Crippen molar-refractivity contribution in [2.75, 3.05) is 25.5 Å². The molecule has 3 aromatic rings. The minimum atomic E-state index is -4.42. The lowest BCUT2D eigenvalue weighted by molar-refractivity contribution is -0.137. The van der Waals surface area contributed by atoms with Gasteiger partial charge in [0.15, 0.2) is 5.16 Å². The summed E-state index contributed by atoms with van der Waals surface area (Å²) in [7, 11) is 0. The van der Waals surface area contributed by atoms with Gasteiger partial charge in [0, 0.05) is 13.2 Å². The molecule has 1 unspecified atom stereocenters. The van der Waals surface area contributed by atoms with Crippen LogP contribution in [0.3, 0.4) is 0 Å². The molecule has 1 atom stereocenters. The molecule has 1 fully saturated rings. The Morgan fingerprint density at radius 3 is 2.67 bits per heavy atom. The molecule has 1 N–H and O–H groups in total. The zero-order valence-electron chi connectivity index (χ0n) is 19.6. The number of imidazole rings is 1. The van der Waals surface area contributed by atoms with Crippen LogP contribution in [0.1, 0.15) is 41.3 Å². The van der Waals surface area contributed by atoms with Crippen molar-refractivity contribution in [1.29, 1.82) is 0 Å². The third kappa shape index (κ3) is 6.38. The number of nitrogens with one attached hydrogen (secondary N) is 1. The Balaban J connectivity index is 1.56. The maximum Gasteiger partial charge on any atom is 0.416 e. The van der Waals surface area contributed by atoms with Crippen LogP contribution < -0.4 is 5.32 Å². The Kier molecular flexibility index (Phi) is 8.20. The Hall–Kier alpha value is -3.05. The van der Waals surface area contributed by atoms with E-state index in [1.54, 1.807) is 25.1 Å². The molecule has 0 saturated carbocycles. The van der Waals surface area contributed by atoms with Crippen LogP contribution in [-0.2, 0) is 27.0 Å². The van der Waals surface area contributed by atoms with Crippen molar-refractivity contribution >= 4 is 34.7 Å². The molecule has 0 spiro atoms. The molecule has 4 rings (SSSR count). The minimum absolute atomic E-state index is 0.0319. The normalized spacial score (nSPS) is 15.8. The molecular formula is C25H26F3N3O4S. The van der Waals surface area contributed by atoms with E-state index in [4.69, 9.17) is 9.47 Å². The number of halogens is 3. The van der Waals surface area contributed by atoms with Crippen molar-refractivity contribution in [2.45, 2.75) is 43.7 Å². The van der Waals surface area contributed by atoms with E-state index in [9.17, 15) is 22.8 Å². The summed E-state index contributed by atoms with van der Waals surface area (Å²) >= 11 is 1.22. The first-order valence-corrected chi connectivity index (χ1v) is 12.6. The number of carbonyl (C=O) groups excluding carboxylic acids is 2. The van der Waals surface area contributed by atoms with E-state index in [1.807, 2.05) is 4.57 Å². The fraction of sp³-hybridized carbons (Fsp3) is 0.400. The minimum Gasteiger partial charge on any atom is -0.462 e. The van der Waals surface area contributed by atoms with E-state index < -0.39 is 17.7 Å². The summed E-state index contributed by atoms with van der Waals surface area (Å²) in [6.45, 7) is 3.35. The number of esters is 1. The largest absolute Gasteiger partial charge is 0.462 e. The highest BCUT2D eigenvalue weighted by Crippen LogP contribution is 2.30. The van der Waals surface area contributed by atoms with Crippen molar-refractivity contribution in [2.24, 2.45) is 0 Å². The number of nitrogens with zero attached hydrogens (tertiary/aromatic N) is 2. The van der Waals surface area contributed by atoms with Crippen LogP contribution in [-0.4, -0.2) is 53.0 Å². The fourth-order valence-corrected chi connectivity index (χ4v) is 4.75. The summed E-state index contributed by atoms with van der Waals surface area (Å²) in [5.41, 5.74) is 1.47. The van der Waals surface area contributed by atoms with Gasteiger partial charge in [-0.05, 0) is 55.7 Å². The number of aromatic nitrogens is 2. The number of thioether (sulfide) groups is 1. The van der Waals surface area contributed by atoms with E-state index in [0.29, 0.717) is 40.5 Å². The number of hydrogen-bond acceptors (Lipinski definition) is 6. The van der Waals surface area contributed by atoms with Crippen molar-refractivity contribution in [3.8, 4) is 0 Å². The fourth-order valence-electron chi connectivity index (χ4n) is 3.91. The lowest BCUT2D eigenvalue weighted by atomic mass is 10.1. The van der Waals surface area contributed by atoms with Crippen LogP contribution in [0, 0.1) is 0 Å². The van der Waals surface area contributed by atoms with Crippen LogP contribution in [0.4, 0.5) is 13.2 Å². The second-order valence-electron chi connectivity index (χ2n) is 8.33. The van der Waals surface area contributed by atoms with Gasteiger partial charge in [-0.25, -0.2) is 9.78 Å². The van der Waals surface area contributed by atoms with Gasteiger partial charge in [-0.1, -0.05) is 23.9 Å². The topological polar surface area (TPSA) is 82.4 Å². The number of fused-ring (bicyclic) bond motifs is 1. The number of benzene rings is 2. The number of ether oxygens (including phenoxy) is 2. The lowest BCUT2D eigenvalue weighted by Gasteiger charge is -2.12. The Morgan fingerprint density at radius 1 is 1.22 bits per heavy atom. The van der Waals surface area contributed by atoms with Gasteiger partial charge < -0.3 is 19.4 Å². The zero-order valence-corrected chi connectivity index (χ0v) is 20.5. The quantitative estimate of drug-likeness (QED) is 0.326. The number of rotatable bonds is 9. The SMILES string of the molecule is CCOC(=O)c1ccc2c(c1)nc(SCC(=O)NCC1CCCO1)n2Cc1ccc(C(F)(F)F)cc1. The highest BCUT2D eigenvalue weighted by Gasteiger charge is 2.30. The monoisotopic (exact) mass is 521 g/mol. The molecule has 7 nitrogen and oxygen atoms in total. The Morgan fingerprint density at radius 2 is 2.00 bits per heavy atom. The van der Waals surface area contributed by atoms with E-state index in [1.165, 1.54) is 23.9 Å². The molecule has 36 heavy (non-hydrogen) atoms.